The van der Waals surface area contributed by atoms with E-state index in [1.165, 1.54) is 6.08 Å². The molecule has 9 nitrogen and oxygen atoms in total. The number of rotatable bonds is 9. The van der Waals surface area contributed by atoms with Crippen LogP contribution in [0.1, 0.15) is 32.6 Å². The number of hydrogen-bond acceptors (Lipinski definition) is 7. The molecule has 1 fully saturated rings. The minimum atomic E-state index is -1.70. The minimum absolute atomic E-state index is 0.0781. The number of aliphatic hydroxyl groups excluding tert-OH is 3. The lowest BCUT2D eigenvalue weighted by Crippen LogP contribution is -2.56. The molecule has 0 aromatic heterocycles. The highest BCUT2D eigenvalue weighted by molar-refractivity contribution is 5.99. The van der Waals surface area contributed by atoms with Crippen molar-refractivity contribution in [1.82, 2.24) is 5.32 Å². The Balaban J connectivity index is 1.62. The van der Waals surface area contributed by atoms with Crippen molar-refractivity contribution in [3.05, 3.63) is 36.4 Å². The molecule has 9 heteroatoms. The Morgan fingerprint density at radius 3 is 2.69 bits per heavy atom. The predicted octanol–water partition coefficient (Wildman–Crippen LogP) is 0.736. The van der Waals surface area contributed by atoms with Gasteiger partial charge >= 0.3 is 0 Å². The van der Waals surface area contributed by atoms with Crippen molar-refractivity contribution in [2.45, 2.75) is 63.1 Å². The second kappa shape index (κ2) is 11.4. The topological polar surface area (TPSA) is 137 Å². The van der Waals surface area contributed by atoms with Gasteiger partial charge in [0, 0.05) is 6.61 Å². The van der Waals surface area contributed by atoms with Crippen LogP contribution in [0, 0.1) is 5.92 Å². The average molecular weight is 449 g/mol. The molecule has 2 amide bonds. The normalized spacial score (nSPS) is 22.9. The highest BCUT2D eigenvalue weighted by atomic mass is 16.5. The van der Waals surface area contributed by atoms with E-state index in [9.17, 15) is 24.9 Å². The summed E-state index contributed by atoms with van der Waals surface area (Å²) in [5.41, 5.74) is 0.489. The number of carbonyl (C=O) groups excluding carboxylic acids is 2. The van der Waals surface area contributed by atoms with E-state index in [4.69, 9.17) is 9.47 Å². The molecule has 1 aromatic carbocycles. The van der Waals surface area contributed by atoms with Gasteiger partial charge in [-0.05, 0) is 37.8 Å². The molecule has 0 saturated heterocycles. The van der Waals surface area contributed by atoms with E-state index in [1.807, 2.05) is 6.08 Å². The first-order valence-electron chi connectivity index (χ1n) is 11.1. The molecule has 5 atom stereocenters. The van der Waals surface area contributed by atoms with E-state index in [0.717, 1.165) is 25.7 Å². The number of allylic oxidation sites excluding steroid dienone is 1. The van der Waals surface area contributed by atoms with Gasteiger partial charge in [0.1, 0.15) is 36.7 Å². The molecule has 3 rings (SSSR count). The molecule has 1 heterocycles. The SMILES string of the molecule is CCO[C@@H](C(=O)N[C@H]1COc2ccccc2NC1=O)[C@H](O)[C@@H](O)[C@H](O)C=CC1CCCC1. The van der Waals surface area contributed by atoms with Crippen LogP contribution in [0.2, 0.25) is 0 Å². The van der Waals surface area contributed by atoms with Crippen LogP contribution < -0.4 is 15.4 Å². The second-order valence-electron chi connectivity index (χ2n) is 8.13. The first-order chi connectivity index (χ1) is 15.4. The first kappa shape index (κ1) is 24.2. The summed E-state index contributed by atoms with van der Waals surface area (Å²) in [6, 6.07) is 5.86. The molecule has 0 unspecified atom stereocenters. The van der Waals surface area contributed by atoms with Gasteiger partial charge in [-0.3, -0.25) is 9.59 Å². The van der Waals surface area contributed by atoms with Crippen molar-refractivity contribution in [1.29, 1.82) is 0 Å². The van der Waals surface area contributed by atoms with Crippen LogP contribution in [0.3, 0.4) is 0 Å². The molecule has 0 bridgehead atoms. The van der Waals surface area contributed by atoms with E-state index in [1.54, 1.807) is 31.2 Å². The van der Waals surface area contributed by atoms with Crippen molar-refractivity contribution in [2.24, 2.45) is 5.92 Å². The fraction of sp³-hybridized carbons (Fsp3) is 0.565. The maximum Gasteiger partial charge on any atom is 0.252 e. The first-order valence-corrected chi connectivity index (χ1v) is 11.1. The Hall–Kier alpha value is -2.46. The Kier molecular flexibility index (Phi) is 8.63. The number of aliphatic hydroxyl groups is 3. The summed E-state index contributed by atoms with van der Waals surface area (Å²) >= 11 is 0. The smallest absolute Gasteiger partial charge is 0.252 e. The average Bonchev–Trinajstić information content (AvgIpc) is 3.26. The standard InChI is InChI=1S/C23H32N2O7/c1-2-31-21(20(28)19(27)17(26)12-11-14-7-3-4-8-14)23(30)25-16-13-32-18-10-6-5-9-15(18)24-22(16)29/h5-6,9-12,14,16-17,19-21,26-28H,2-4,7-8,13H2,1H3,(H,24,29)(H,25,30)/t16-,17+,19-,20+,21+/m0/s1. The van der Waals surface area contributed by atoms with Crippen molar-refractivity contribution in [2.75, 3.05) is 18.5 Å². The van der Waals surface area contributed by atoms with Gasteiger partial charge in [0.2, 0.25) is 0 Å². The van der Waals surface area contributed by atoms with E-state index in [2.05, 4.69) is 10.6 Å². The van der Waals surface area contributed by atoms with Crippen LogP contribution in [-0.2, 0) is 14.3 Å². The van der Waals surface area contributed by atoms with Gasteiger partial charge in [-0.15, -0.1) is 0 Å². The van der Waals surface area contributed by atoms with Gasteiger partial charge in [0.05, 0.1) is 5.69 Å². The van der Waals surface area contributed by atoms with E-state index in [-0.39, 0.29) is 13.2 Å². The molecular formula is C23H32N2O7. The summed E-state index contributed by atoms with van der Waals surface area (Å²) in [6.45, 7) is 1.60. The molecular weight excluding hydrogens is 416 g/mol. The molecule has 32 heavy (non-hydrogen) atoms. The number of hydrogen-bond donors (Lipinski definition) is 5. The number of ether oxygens (including phenoxy) is 2. The van der Waals surface area contributed by atoms with Gasteiger partial charge in [-0.2, -0.15) is 0 Å². The van der Waals surface area contributed by atoms with E-state index < -0.39 is 42.3 Å². The molecule has 5 N–H and O–H groups in total. The van der Waals surface area contributed by atoms with Crippen LogP contribution in [0.25, 0.3) is 0 Å². The molecule has 1 aliphatic heterocycles. The van der Waals surface area contributed by atoms with Crippen molar-refractivity contribution in [3.63, 3.8) is 0 Å². The van der Waals surface area contributed by atoms with Gasteiger partial charge in [-0.1, -0.05) is 37.1 Å². The predicted molar refractivity (Wildman–Crippen MR) is 117 cm³/mol. The third kappa shape index (κ3) is 6.07. The minimum Gasteiger partial charge on any atom is -0.489 e. The highest BCUT2D eigenvalue weighted by Crippen LogP contribution is 2.27. The maximum atomic E-state index is 12.8. The zero-order valence-electron chi connectivity index (χ0n) is 18.1. The fourth-order valence-electron chi connectivity index (χ4n) is 3.95. The number of amides is 2. The van der Waals surface area contributed by atoms with Crippen LogP contribution in [0.4, 0.5) is 5.69 Å². The van der Waals surface area contributed by atoms with Crippen molar-refractivity contribution >= 4 is 17.5 Å². The molecule has 1 aromatic rings. The highest BCUT2D eigenvalue weighted by Gasteiger charge is 2.38. The summed E-state index contributed by atoms with van der Waals surface area (Å²) < 4.78 is 11.0. The summed E-state index contributed by atoms with van der Waals surface area (Å²) in [5, 5.41) is 36.5. The van der Waals surface area contributed by atoms with Crippen molar-refractivity contribution in [3.8, 4) is 5.75 Å². The van der Waals surface area contributed by atoms with Crippen LogP contribution in [0.5, 0.6) is 5.75 Å². The summed E-state index contributed by atoms with van der Waals surface area (Å²) in [5.74, 6) is -0.447. The largest absolute Gasteiger partial charge is 0.489 e. The van der Waals surface area contributed by atoms with Gasteiger partial charge in [-0.25, -0.2) is 0 Å². The van der Waals surface area contributed by atoms with Gasteiger partial charge in [0.15, 0.2) is 6.10 Å². The Morgan fingerprint density at radius 1 is 1.25 bits per heavy atom. The number of fused-ring (bicyclic) bond motifs is 1. The lowest BCUT2D eigenvalue weighted by Gasteiger charge is -2.28. The number of benzene rings is 1. The number of para-hydroxylation sites is 2. The quantitative estimate of drug-likeness (QED) is 0.351. The number of nitrogens with one attached hydrogen (secondary N) is 2. The van der Waals surface area contributed by atoms with Crippen LogP contribution >= 0.6 is 0 Å². The molecule has 0 spiro atoms. The molecule has 0 radical (unpaired) electrons. The lowest BCUT2D eigenvalue weighted by atomic mass is 9.99. The third-order valence-electron chi connectivity index (χ3n) is 5.78. The van der Waals surface area contributed by atoms with Gasteiger partial charge < -0.3 is 35.4 Å². The number of carbonyl (C=O) groups is 2. The fourth-order valence-corrected chi connectivity index (χ4v) is 3.95. The Bertz CT molecular complexity index is 809. The Labute approximate surface area is 187 Å². The zero-order chi connectivity index (χ0) is 23.1. The monoisotopic (exact) mass is 448 g/mol. The molecule has 1 saturated carbocycles. The van der Waals surface area contributed by atoms with Crippen LogP contribution in [-0.4, -0.2) is 70.8 Å². The number of anilines is 1. The molecule has 2 aliphatic rings. The lowest BCUT2D eigenvalue weighted by molar-refractivity contribution is -0.154. The van der Waals surface area contributed by atoms with E-state index >= 15 is 0 Å². The van der Waals surface area contributed by atoms with E-state index in [0.29, 0.717) is 17.4 Å². The zero-order valence-corrected chi connectivity index (χ0v) is 18.1. The van der Waals surface area contributed by atoms with Crippen LogP contribution in [0.15, 0.2) is 36.4 Å². The summed E-state index contributed by atoms with van der Waals surface area (Å²) in [4.78, 5) is 25.3. The summed E-state index contributed by atoms with van der Waals surface area (Å²) in [6.07, 6.45) is 1.43. The Morgan fingerprint density at radius 2 is 1.97 bits per heavy atom. The second-order valence-corrected chi connectivity index (χ2v) is 8.13. The molecule has 176 valence electrons. The summed E-state index contributed by atoms with van der Waals surface area (Å²) in [7, 11) is 0. The van der Waals surface area contributed by atoms with Crippen molar-refractivity contribution < 1.29 is 34.4 Å². The van der Waals surface area contributed by atoms with Gasteiger partial charge in [0.25, 0.3) is 11.8 Å². The molecule has 1 aliphatic carbocycles. The third-order valence-corrected chi connectivity index (χ3v) is 5.78. The maximum absolute atomic E-state index is 12.8.